The van der Waals surface area contributed by atoms with E-state index in [0.717, 1.165) is 17.3 Å². The zero-order valence-electron chi connectivity index (χ0n) is 6.48. The summed E-state index contributed by atoms with van der Waals surface area (Å²) in [6.45, 7) is 4.88. The highest BCUT2D eigenvalue weighted by atomic mass is 14.6. The Labute approximate surface area is 65.0 Å². The zero-order valence-corrected chi connectivity index (χ0v) is 6.48. The average molecular weight is 140 g/mol. The lowest BCUT2D eigenvalue weighted by Gasteiger charge is -2.04. The van der Waals surface area contributed by atoms with E-state index in [4.69, 9.17) is 0 Å². The van der Waals surface area contributed by atoms with Crippen LogP contribution in [-0.2, 0) is 0 Å². The molecule has 10 heavy (non-hydrogen) atoms. The van der Waals surface area contributed by atoms with E-state index in [2.05, 4.69) is 13.8 Å². The van der Waals surface area contributed by atoms with E-state index in [1.54, 1.807) is 0 Å². The van der Waals surface area contributed by atoms with Crippen molar-refractivity contribution in [2.24, 2.45) is 17.3 Å². The Bertz CT molecular complexity index is 110. The van der Waals surface area contributed by atoms with Crippen molar-refractivity contribution in [1.82, 2.24) is 0 Å². The van der Waals surface area contributed by atoms with Crippen LogP contribution >= 0.6 is 0 Å². The molecule has 0 heterocycles. The molecule has 0 bridgehead atoms. The van der Waals surface area contributed by atoms with Crippen LogP contribution in [0.4, 0.5) is 0 Å². The fraction of sp³-hybridized carbons (Fsp3) is 1.00. The maximum Gasteiger partial charge on any atom is -0.0292 e. The Balaban J connectivity index is 0.000000500. The van der Waals surface area contributed by atoms with Gasteiger partial charge in [-0.3, -0.25) is 0 Å². The van der Waals surface area contributed by atoms with E-state index in [9.17, 15) is 0 Å². The molecule has 0 saturated heterocycles. The molecule has 0 aromatic rings. The molecule has 0 amide bonds. The molecule has 0 aliphatic heterocycles. The summed E-state index contributed by atoms with van der Waals surface area (Å²) in [5.74, 6) is 2.23. The highest BCUT2D eigenvalue weighted by Gasteiger charge is 2.57. The SMILES string of the molecule is C.CC1(C)C2CCCCC21. The highest BCUT2D eigenvalue weighted by Crippen LogP contribution is 2.64. The summed E-state index contributed by atoms with van der Waals surface area (Å²) in [4.78, 5) is 0. The van der Waals surface area contributed by atoms with Gasteiger partial charge in [-0.15, -0.1) is 0 Å². The third kappa shape index (κ3) is 0.889. The predicted octanol–water partition coefficient (Wildman–Crippen LogP) is 3.47. The van der Waals surface area contributed by atoms with E-state index in [0.29, 0.717) is 0 Å². The lowest BCUT2D eigenvalue weighted by molar-refractivity contribution is 0.480. The van der Waals surface area contributed by atoms with Crippen LogP contribution in [0.5, 0.6) is 0 Å². The van der Waals surface area contributed by atoms with Crippen LogP contribution in [0.15, 0.2) is 0 Å². The molecule has 0 spiro atoms. The Morgan fingerprint density at radius 2 is 1.40 bits per heavy atom. The molecule has 2 fully saturated rings. The van der Waals surface area contributed by atoms with Crippen molar-refractivity contribution < 1.29 is 0 Å². The second kappa shape index (κ2) is 2.25. The molecule has 2 rings (SSSR count). The van der Waals surface area contributed by atoms with Gasteiger partial charge >= 0.3 is 0 Å². The summed E-state index contributed by atoms with van der Waals surface area (Å²) >= 11 is 0. The molecule has 0 radical (unpaired) electrons. The summed E-state index contributed by atoms with van der Waals surface area (Å²) in [7, 11) is 0. The van der Waals surface area contributed by atoms with Crippen LogP contribution in [0.25, 0.3) is 0 Å². The van der Waals surface area contributed by atoms with E-state index in [-0.39, 0.29) is 7.43 Å². The van der Waals surface area contributed by atoms with Gasteiger partial charge in [-0.05, 0) is 30.1 Å². The Morgan fingerprint density at radius 3 is 1.70 bits per heavy atom. The van der Waals surface area contributed by atoms with Crippen molar-refractivity contribution in [2.75, 3.05) is 0 Å². The van der Waals surface area contributed by atoms with Crippen LogP contribution in [0.1, 0.15) is 47.0 Å². The molecule has 0 aromatic carbocycles. The summed E-state index contributed by atoms with van der Waals surface area (Å²) in [5.41, 5.74) is 0.747. The minimum atomic E-state index is 0. The van der Waals surface area contributed by atoms with Crippen molar-refractivity contribution in [1.29, 1.82) is 0 Å². The molecular formula is C10H20. The predicted molar refractivity (Wildman–Crippen MR) is 46.0 cm³/mol. The minimum Gasteiger partial charge on any atom is -0.0776 e. The van der Waals surface area contributed by atoms with Gasteiger partial charge in [-0.25, -0.2) is 0 Å². The molecule has 0 aromatic heterocycles. The summed E-state index contributed by atoms with van der Waals surface area (Å²) in [6.07, 6.45) is 6.06. The number of rotatable bonds is 0. The number of hydrogen-bond donors (Lipinski definition) is 0. The van der Waals surface area contributed by atoms with Crippen LogP contribution < -0.4 is 0 Å². The summed E-state index contributed by atoms with van der Waals surface area (Å²) in [6, 6.07) is 0. The molecule has 0 heteroatoms. The van der Waals surface area contributed by atoms with Gasteiger partial charge < -0.3 is 0 Å². The molecule has 60 valence electrons. The van der Waals surface area contributed by atoms with Gasteiger partial charge in [0.1, 0.15) is 0 Å². The van der Waals surface area contributed by atoms with E-state index in [1.807, 2.05) is 0 Å². The Kier molecular flexibility index (Phi) is 1.82. The molecule has 0 nitrogen and oxygen atoms in total. The molecule has 2 aliphatic rings. The second-order valence-electron chi connectivity index (χ2n) is 4.32. The van der Waals surface area contributed by atoms with Gasteiger partial charge in [-0.1, -0.05) is 34.1 Å². The van der Waals surface area contributed by atoms with Crippen molar-refractivity contribution in [2.45, 2.75) is 47.0 Å². The number of hydrogen-bond acceptors (Lipinski definition) is 0. The third-order valence-corrected chi connectivity index (χ3v) is 3.57. The Hall–Kier alpha value is 0. The Morgan fingerprint density at radius 1 is 1.00 bits per heavy atom. The van der Waals surface area contributed by atoms with Crippen LogP contribution in [0, 0.1) is 17.3 Å². The quantitative estimate of drug-likeness (QED) is 0.483. The second-order valence-corrected chi connectivity index (χ2v) is 4.32. The summed E-state index contributed by atoms with van der Waals surface area (Å²) in [5, 5.41) is 0. The fourth-order valence-electron chi connectivity index (χ4n) is 2.73. The fourth-order valence-corrected chi connectivity index (χ4v) is 2.73. The van der Waals surface area contributed by atoms with Gasteiger partial charge in [0.05, 0.1) is 0 Å². The third-order valence-electron chi connectivity index (χ3n) is 3.57. The highest BCUT2D eigenvalue weighted by molar-refractivity contribution is 5.05. The largest absolute Gasteiger partial charge is 0.0776 e. The average Bonchev–Trinajstić information content (AvgIpc) is 2.39. The van der Waals surface area contributed by atoms with Crippen molar-refractivity contribution in [3.8, 4) is 0 Å². The first kappa shape index (κ1) is 8.10. The lowest BCUT2D eigenvalue weighted by Crippen LogP contribution is -1.91. The molecule has 2 unspecified atom stereocenters. The first-order valence-electron chi connectivity index (χ1n) is 4.23. The maximum absolute atomic E-state index is 2.44. The summed E-state index contributed by atoms with van der Waals surface area (Å²) < 4.78 is 0. The molecule has 0 N–H and O–H groups in total. The molecule has 2 aliphatic carbocycles. The van der Waals surface area contributed by atoms with Crippen molar-refractivity contribution in [3.63, 3.8) is 0 Å². The van der Waals surface area contributed by atoms with Gasteiger partial charge in [0.15, 0.2) is 0 Å². The van der Waals surface area contributed by atoms with Crippen LogP contribution in [-0.4, -0.2) is 0 Å². The zero-order chi connectivity index (χ0) is 6.48. The van der Waals surface area contributed by atoms with E-state index >= 15 is 0 Å². The molecule has 2 saturated carbocycles. The van der Waals surface area contributed by atoms with Gasteiger partial charge in [0.25, 0.3) is 0 Å². The van der Waals surface area contributed by atoms with Crippen LogP contribution in [0.2, 0.25) is 0 Å². The first-order valence-corrected chi connectivity index (χ1v) is 4.23. The smallest absolute Gasteiger partial charge is 0.0292 e. The molecular weight excluding hydrogens is 120 g/mol. The first-order chi connectivity index (χ1) is 4.23. The lowest BCUT2D eigenvalue weighted by atomic mass is 10.0. The van der Waals surface area contributed by atoms with Gasteiger partial charge in [0.2, 0.25) is 0 Å². The number of fused-ring (bicyclic) bond motifs is 1. The van der Waals surface area contributed by atoms with E-state index in [1.165, 1.54) is 25.7 Å². The minimum absolute atomic E-state index is 0. The maximum atomic E-state index is 2.44. The van der Waals surface area contributed by atoms with Crippen molar-refractivity contribution >= 4 is 0 Å². The van der Waals surface area contributed by atoms with Gasteiger partial charge in [-0.2, -0.15) is 0 Å². The topological polar surface area (TPSA) is 0 Å². The van der Waals surface area contributed by atoms with Crippen LogP contribution in [0.3, 0.4) is 0 Å². The van der Waals surface area contributed by atoms with Gasteiger partial charge in [0, 0.05) is 0 Å². The van der Waals surface area contributed by atoms with E-state index < -0.39 is 0 Å². The normalized spacial score (nSPS) is 41.4. The standard InChI is InChI=1S/C9H16.CH4/c1-9(2)7-5-3-4-6-8(7)9;/h7-8H,3-6H2,1-2H3;1H4. The monoisotopic (exact) mass is 140 g/mol. The molecule has 2 atom stereocenters. The van der Waals surface area contributed by atoms with Crippen molar-refractivity contribution in [3.05, 3.63) is 0 Å².